The Balaban J connectivity index is 2.89. The van der Waals surface area contributed by atoms with Crippen molar-refractivity contribution < 1.29 is 9.18 Å². The van der Waals surface area contributed by atoms with E-state index in [-0.39, 0.29) is 22.9 Å². The number of hydrogen-bond acceptors (Lipinski definition) is 2. The van der Waals surface area contributed by atoms with E-state index in [1.54, 1.807) is 13.0 Å². The Morgan fingerprint density at radius 1 is 1.47 bits per heavy atom. The SMILES string of the molecule is Cc1cc(F)c(Br)cc1NC(=O)C(S)C(C)C. The van der Waals surface area contributed by atoms with Gasteiger partial charge < -0.3 is 5.32 Å². The number of benzene rings is 1. The fraction of sp³-hybridized carbons (Fsp3) is 0.417. The van der Waals surface area contributed by atoms with E-state index >= 15 is 0 Å². The molecule has 1 N–H and O–H groups in total. The molecule has 0 aromatic heterocycles. The molecular weight excluding hydrogens is 305 g/mol. The molecule has 0 spiro atoms. The van der Waals surface area contributed by atoms with Gasteiger partial charge in [0.05, 0.1) is 9.72 Å². The first-order chi connectivity index (χ1) is 7.82. The smallest absolute Gasteiger partial charge is 0.237 e. The van der Waals surface area contributed by atoms with Crippen LogP contribution in [0.3, 0.4) is 0 Å². The van der Waals surface area contributed by atoms with Crippen molar-refractivity contribution >= 4 is 40.2 Å². The fourth-order valence-electron chi connectivity index (χ4n) is 1.29. The lowest BCUT2D eigenvalue weighted by molar-refractivity contribution is -0.116. The number of halogens is 2. The molecule has 17 heavy (non-hydrogen) atoms. The molecule has 0 saturated heterocycles. The van der Waals surface area contributed by atoms with E-state index in [1.165, 1.54) is 6.07 Å². The van der Waals surface area contributed by atoms with Crippen molar-refractivity contribution in [3.05, 3.63) is 28.0 Å². The molecular formula is C12H15BrFNOS. The second kappa shape index (κ2) is 5.87. The number of thiol groups is 1. The minimum atomic E-state index is -0.377. The first-order valence-electron chi connectivity index (χ1n) is 5.27. The summed E-state index contributed by atoms with van der Waals surface area (Å²) in [4.78, 5) is 11.8. The molecule has 0 radical (unpaired) electrons. The monoisotopic (exact) mass is 319 g/mol. The maximum atomic E-state index is 13.2. The van der Waals surface area contributed by atoms with Crippen molar-refractivity contribution in [2.75, 3.05) is 5.32 Å². The van der Waals surface area contributed by atoms with E-state index in [0.717, 1.165) is 0 Å². The van der Waals surface area contributed by atoms with E-state index in [0.29, 0.717) is 15.7 Å². The van der Waals surface area contributed by atoms with Gasteiger partial charge in [-0.05, 0) is 46.5 Å². The van der Waals surface area contributed by atoms with Crippen LogP contribution in [0.15, 0.2) is 16.6 Å². The summed E-state index contributed by atoms with van der Waals surface area (Å²) in [5.41, 5.74) is 1.28. The molecule has 1 aromatic rings. The Morgan fingerprint density at radius 3 is 2.59 bits per heavy atom. The molecule has 0 aliphatic rings. The first kappa shape index (κ1) is 14.5. The van der Waals surface area contributed by atoms with Crippen LogP contribution in [0.5, 0.6) is 0 Å². The number of amides is 1. The molecule has 2 nitrogen and oxygen atoms in total. The maximum absolute atomic E-state index is 13.2. The van der Waals surface area contributed by atoms with Crippen LogP contribution >= 0.6 is 28.6 Å². The summed E-state index contributed by atoms with van der Waals surface area (Å²) < 4.78 is 13.5. The minimum Gasteiger partial charge on any atom is -0.325 e. The van der Waals surface area contributed by atoms with Crippen molar-refractivity contribution in [1.29, 1.82) is 0 Å². The van der Waals surface area contributed by atoms with Gasteiger partial charge in [0.1, 0.15) is 5.82 Å². The van der Waals surface area contributed by atoms with Gasteiger partial charge in [0, 0.05) is 5.69 Å². The number of hydrogen-bond donors (Lipinski definition) is 2. The zero-order valence-corrected chi connectivity index (χ0v) is 12.4. The Labute approximate surface area is 115 Å². The largest absolute Gasteiger partial charge is 0.325 e. The van der Waals surface area contributed by atoms with Gasteiger partial charge in [-0.1, -0.05) is 13.8 Å². The fourth-order valence-corrected chi connectivity index (χ4v) is 1.70. The molecule has 1 amide bonds. The Bertz CT molecular complexity index is 437. The molecule has 0 bridgehead atoms. The van der Waals surface area contributed by atoms with E-state index in [1.807, 2.05) is 13.8 Å². The van der Waals surface area contributed by atoms with Gasteiger partial charge in [-0.15, -0.1) is 0 Å². The van der Waals surface area contributed by atoms with Crippen molar-refractivity contribution in [3.63, 3.8) is 0 Å². The zero-order chi connectivity index (χ0) is 13.2. The maximum Gasteiger partial charge on any atom is 0.237 e. The van der Waals surface area contributed by atoms with Crippen LogP contribution in [-0.2, 0) is 4.79 Å². The van der Waals surface area contributed by atoms with Crippen LogP contribution in [0.25, 0.3) is 0 Å². The molecule has 0 heterocycles. The molecule has 1 unspecified atom stereocenters. The average Bonchev–Trinajstić information content (AvgIpc) is 2.24. The second-order valence-electron chi connectivity index (χ2n) is 4.26. The van der Waals surface area contributed by atoms with Gasteiger partial charge in [-0.3, -0.25) is 4.79 Å². The number of aryl methyl sites for hydroxylation is 1. The Hall–Kier alpha value is -0.550. The van der Waals surface area contributed by atoms with Gasteiger partial charge in [0.2, 0.25) is 5.91 Å². The summed E-state index contributed by atoms with van der Waals surface area (Å²) in [5, 5.41) is 2.37. The lowest BCUT2D eigenvalue weighted by Crippen LogP contribution is -2.27. The van der Waals surface area contributed by atoms with Gasteiger partial charge >= 0.3 is 0 Å². The van der Waals surface area contributed by atoms with E-state index in [4.69, 9.17) is 0 Å². The second-order valence-corrected chi connectivity index (χ2v) is 5.67. The van der Waals surface area contributed by atoms with E-state index < -0.39 is 0 Å². The van der Waals surface area contributed by atoms with Crippen molar-refractivity contribution in [1.82, 2.24) is 0 Å². The standard InChI is InChI=1S/C12H15BrFNOS/c1-6(2)11(17)12(16)15-10-5-8(13)9(14)4-7(10)3/h4-6,11,17H,1-3H3,(H,15,16). The average molecular weight is 320 g/mol. The third kappa shape index (κ3) is 3.71. The topological polar surface area (TPSA) is 29.1 Å². The molecule has 5 heteroatoms. The lowest BCUT2D eigenvalue weighted by Gasteiger charge is -2.16. The number of rotatable bonds is 3. The summed E-state index contributed by atoms with van der Waals surface area (Å²) in [7, 11) is 0. The number of nitrogens with one attached hydrogen (secondary N) is 1. The third-order valence-electron chi connectivity index (χ3n) is 2.43. The Morgan fingerprint density at radius 2 is 2.06 bits per heavy atom. The number of carbonyl (C=O) groups is 1. The lowest BCUT2D eigenvalue weighted by atomic mass is 10.1. The van der Waals surface area contributed by atoms with E-state index in [9.17, 15) is 9.18 Å². The number of anilines is 1. The molecule has 1 rings (SSSR count). The van der Waals surface area contributed by atoms with E-state index in [2.05, 4.69) is 33.9 Å². The van der Waals surface area contributed by atoms with Crippen LogP contribution in [0.4, 0.5) is 10.1 Å². The normalized spacial score (nSPS) is 12.6. The molecule has 0 saturated carbocycles. The Kier molecular flexibility index (Phi) is 5.01. The minimum absolute atomic E-state index is 0.141. The van der Waals surface area contributed by atoms with Gasteiger partial charge in [0.25, 0.3) is 0 Å². The highest BCUT2D eigenvalue weighted by Crippen LogP contribution is 2.25. The quantitative estimate of drug-likeness (QED) is 0.815. The molecule has 0 fully saturated rings. The molecule has 1 atom stereocenters. The highest BCUT2D eigenvalue weighted by Gasteiger charge is 2.18. The van der Waals surface area contributed by atoms with Crippen LogP contribution < -0.4 is 5.32 Å². The van der Waals surface area contributed by atoms with Crippen molar-refractivity contribution in [2.45, 2.75) is 26.0 Å². The summed E-state index contributed by atoms with van der Waals surface area (Å²) in [6, 6.07) is 2.94. The molecule has 0 aliphatic carbocycles. The molecule has 1 aromatic carbocycles. The van der Waals surface area contributed by atoms with Crippen molar-refractivity contribution in [2.24, 2.45) is 5.92 Å². The molecule has 0 aliphatic heterocycles. The first-order valence-corrected chi connectivity index (χ1v) is 6.58. The highest BCUT2D eigenvalue weighted by atomic mass is 79.9. The van der Waals surface area contributed by atoms with Gasteiger partial charge in [-0.2, -0.15) is 12.6 Å². The van der Waals surface area contributed by atoms with Gasteiger partial charge in [-0.25, -0.2) is 4.39 Å². The highest BCUT2D eigenvalue weighted by molar-refractivity contribution is 9.10. The van der Waals surface area contributed by atoms with Crippen LogP contribution in [0, 0.1) is 18.7 Å². The third-order valence-corrected chi connectivity index (χ3v) is 3.86. The van der Waals surface area contributed by atoms with Crippen LogP contribution in [0.2, 0.25) is 0 Å². The molecule has 94 valence electrons. The van der Waals surface area contributed by atoms with Crippen molar-refractivity contribution in [3.8, 4) is 0 Å². The summed E-state index contributed by atoms with van der Waals surface area (Å²) in [6.07, 6.45) is 0. The predicted octanol–water partition coefficient (Wildman–Crippen LogP) is 3.79. The summed E-state index contributed by atoms with van der Waals surface area (Å²) in [6.45, 7) is 5.59. The van der Waals surface area contributed by atoms with Crippen LogP contribution in [-0.4, -0.2) is 11.2 Å². The number of carbonyl (C=O) groups excluding carboxylic acids is 1. The van der Waals surface area contributed by atoms with Gasteiger partial charge in [0.15, 0.2) is 0 Å². The van der Waals surface area contributed by atoms with Crippen LogP contribution in [0.1, 0.15) is 19.4 Å². The summed E-state index contributed by atoms with van der Waals surface area (Å²) in [5.74, 6) is -0.376. The summed E-state index contributed by atoms with van der Waals surface area (Å²) >= 11 is 7.32. The predicted molar refractivity (Wildman–Crippen MR) is 75.1 cm³/mol. The zero-order valence-electron chi connectivity index (χ0n) is 9.92.